The number of esters is 1. The van der Waals surface area contributed by atoms with E-state index in [1.165, 1.54) is 17.7 Å². The zero-order valence-corrected chi connectivity index (χ0v) is 21.5. The largest absolute Gasteiger partial charge is 0.462 e. The number of ether oxygens (including phenoxy) is 1. The van der Waals surface area contributed by atoms with Gasteiger partial charge in [0.1, 0.15) is 5.00 Å². The molecule has 5 nitrogen and oxygen atoms in total. The fourth-order valence-electron chi connectivity index (χ4n) is 4.52. The highest BCUT2D eigenvalue weighted by molar-refractivity contribution is 7.16. The molecule has 3 aromatic rings. The average molecular weight is 489 g/mol. The molecule has 0 bridgehead atoms. The number of nitrogens with one attached hydrogen (secondary N) is 1. The topological polar surface area (TPSA) is 67.8 Å². The Hall–Kier alpha value is -3.25. The van der Waals surface area contributed by atoms with E-state index < -0.39 is 0 Å². The lowest BCUT2D eigenvalue weighted by molar-refractivity contribution is 0.0526. The van der Waals surface area contributed by atoms with Crippen LogP contribution in [0.4, 0.5) is 10.7 Å². The van der Waals surface area contributed by atoms with Crippen molar-refractivity contribution in [2.75, 3.05) is 11.9 Å². The Labute approximate surface area is 211 Å². The van der Waals surface area contributed by atoms with E-state index >= 15 is 0 Å². The van der Waals surface area contributed by atoms with Gasteiger partial charge in [-0.1, -0.05) is 31.0 Å². The van der Waals surface area contributed by atoms with Crippen molar-refractivity contribution < 1.29 is 14.3 Å². The van der Waals surface area contributed by atoms with Gasteiger partial charge in [0.2, 0.25) is 0 Å². The molecule has 0 saturated carbocycles. The number of hydrogen-bond donors (Lipinski definition) is 1. The third-order valence-corrected chi connectivity index (χ3v) is 7.31. The maximum Gasteiger partial charge on any atom is 0.338 e. The molecule has 0 unspecified atom stereocenters. The smallest absolute Gasteiger partial charge is 0.338 e. The van der Waals surface area contributed by atoms with Crippen LogP contribution in [-0.2, 0) is 17.6 Å². The Bertz CT molecular complexity index is 1220. The van der Waals surface area contributed by atoms with Gasteiger partial charge in [-0.2, -0.15) is 0 Å². The summed E-state index contributed by atoms with van der Waals surface area (Å²) in [4.78, 5) is 31.5. The number of hydrogen-bond acceptors (Lipinski definition) is 5. The lowest BCUT2D eigenvalue weighted by atomic mass is 9.96. The molecule has 0 fully saturated rings. The molecule has 1 aromatic heterocycles. The zero-order valence-electron chi connectivity index (χ0n) is 20.6. The standard InChI is InChI=1S/C29H32N2O3S/c1-4-34-29(33)22-13-11-21(12-14-22)18-30-28-26(24-9-7-5-6-8-10-25(24)35-28)27(32)31-23-16-19(2)15-20(3)17-23/h11-18H,4-10H2,1-3H3,(H,31,32). The van der Waals surface area contributed by atoms with Gasteiger partial charge in [-0.3, -0.25) is 4.79 Å². The second-order valence-electron chi connectivity index (χ2n) is 9.03. The molecule has 0 aliphatic heterocycles. The minimum atomic E-state index is -0.334. The molecule has 1 N–H and O–H groups in total. The van der Waals surface area contributed by atoms with Crippen LogP contribution in [0.15, 0.2) is 47.5 Å². The number of thiophene rings is 1. The van der Waals surface area contributed by atoms with Crippen LogP contribution in [0.25, 0.3) is 0 Å². The summed E-state index contributed by atoms with van der Waals surface area (Å²) in [6.07, 6.45) is 8.32. The van der Waals surface area contributed by atoms with Crippen molar-refractivity contribution in [3.05, 3.63) is 80.7 Å². The van der Waals surface area contributed by atoms with Gasteiger partial charge < -0.3 is 10.1 Å². The third kappa shape index (κ3) is 6.25. The summed E-state index contributed by atoms with van der Waals surface area (Å²) in [7, 11) is 0. The molecular weight excluding hydrogens is 456 g/mol. The summed E-state index contributed by atoms with van der Waals surface area (Å²) in [5.74, 6) is -0.433. The number of aliphatic imine (C=N–C) groups is 1. The molecule has 0 radical (unpaired) electrons. The van der Waals surface area contributed by atoms with Crippen molar-refractivity contribution in [2.45, 2.75) is 59.3 Å². The fraction of sp³-hybridized carbons (Fsp3) is 0.345. The molecule has 35 heavy (non-hydrogen) atoms. The number of fused-ring (bicyclic) bond motifs is 1. The van der Waals surface area contributed by atoms with Crippen LogP contribution in [-0.4, -0.2) is 24.7 Å². The van der Waals surface area contributed by atoms with Crippen molar-refractivity contribution in [3.8, 4) is 0 Å². The quantitative estimate of drug-likeness (QED) is 0.295. The molecule has 2 aromatic carbocycles. The van der Waals surface area contributed by atoms with Gasteiger partial charge in [0.15, 0.2) is 0 Å². The Kier molecular flexibility index (Phi) is 8.13. The monoisotopic (exact) mass is 488 g/mol. The molecule has 1 aliphatic carbocycles. The number of amides is 1. The van der Waals surface area contributed by atoms with Gasteiger partial charge in [-0.15, -0.1) is 11.3 Å². The van der Waals surface area contributed by atoms with E-state index in [2.05, 4.69) is 11.4 Å². The summed E-state index contributed by atoms with van der Waals surface area (Å²) in [6.45, 7) is 6.20. The highest BCUT2D eigenvalue weighted by atomic mass is 32.1. The van der Waals surface area contributed by atoms with E-state index in [1.807, 2.05) is 38.1 Å². The first-order valence-corrected chi connectivity index (χ1v) is 13.1. The number of benzene rings is 2. The van der Waals surface area contributed by atoms with Crippen molar-refractivity contribution in [1.29, 1.82) is 0 Å². The van der Waals surface area contributed by atoms with E-state index in [-0.39, 0.29) is 11.9 Å². The number of carbonyl (C=O) groups excluding carboxylic acids is 2. The molecule has 4 rings (SSSR count). The molecule has 6 heteroatoms. The van der Waals surface area contributed by atoms with Crippen LogP contribution < -0.4 is 5.32 Å². The van der Waals surface area contributed by atoms with E-state index in [4.69, 9.17) is 9.73 Å². The predicted octanol–water partition coefficient (Wildman–Crippen LogP) is 7.20. The zero-order chi connectivity index (χ0) is 24.8. The predicted molar refractivity (Wildman–Crippen MR) is 144 cm³/mol. The maximum absolute atomic E-state index is 13.6. The van der Waals surface area contributed by atoms with Crippen LogP contribution in [0.2, 0.25) is 0 Å². The summed E-state index contributed by atoms with van der Waals surface area (Å²) in [5, 5.41) is 3.87. The van der Waals surface area contributed by atoms with Crippen LogP contribution >= 0.6 is 11.3 Å². The fourth-order valence-corrected chi connectivity index (χ4v) is 5.75. The highest BCUT2D eigenvalue weighted by Gasteiger charge is 2.24. The van der Waals surface area contributed by atoms with Crippen molar-refractivity contribution in [3.63, 3.8) is 0 Å². The SMILES string of the molecule is CCOC(=O)c1ccc(C=Nc2sc3c(c2C(=O)Nc2cc(C)cc(C)c2)CCCCCC3)cc1. The lowest BCUT2D eigenvalue weighted by Crippen LogP contribution is -2.14. The summed E-state index contributed by atoms with van der Waals surface area (Å²) in [5.41, 5.74) is 6.27. The minimum Gasteiger partial charge on any atom is -0.462 e. The molecule has 1 amide bonds. The van der Waals surface area contributed by atoms with Gasteiger partial charge in [-0.25, -0.2) is 9.79 Å². The molecule has 0 saturated heterocycles. The van der Waals surface area contributed by atoms with Gasteiger partial charge in [0.25, 0.3) is 5.91 Å². The van der Waals surface area contributed by atoms with E-state index in [1.54, 1.807) is 36.6 Å². The van der Waals surface area contributed by atoms with Crippen LogP contribution in [0, 0.1) is 13.8 Å². The first kappa shape index (κ1) is 24.9. The second kappa shape index (κ2) is 11.5. The lowest BCUT2D eigenvalue weighted by Gasteiger charge is -2.12. The van der Waals surface area contributed by atoms with Crippen molar-refractivity contribution in [2.24, 2.45) is 4.99 Å². The first-order valence-electron chi connectivity index (χ1n) is 12.3. The van der Waals surface area contributed by atoms with Gasteiger partial charge in [0, 0.05) is 16.8 Å². The number of rotatable bonds is 6. The van der Waals surface area contributed by atoms with E-state index in [9.17, 15) is 9.59 Å². The van der Waals surface area contributed by atoms with Gasteiger partial charge >= 0.3 is 5.97 Å². The summed E-state index contributed by atoms with van der Waals surface area (Å²) < 4.78 is 5.05. The number of aryl methyl sites for hydroxylation is 3. The normalized spacial score (nSPS) is 13.7. The van der Waals surface area contributed by atoms with Crippen LogP contribution in [0.1, 0.15) is 80.5 Å². The molecule has 0 spiro atoms. The van der Waals surface area contributed by atoms with E-state index in [0.29, 0.717) is 17.7 Å². The molecule has 1 heterocycles. The van der Waals surface area contributed by atoms with Gasteiger partial charge in [0.05, 0.1) is 17.7 Å². The average Bonchev–Trinajstić information content (AvgIpc) is 3.13. The van der Waals surface area contributed by atoms with Crippen LogP contribution in [0.5, 0.6) is 0 Å². The Morgan fingerprint density at radius 3 is 2.37 bits per heavy atom. The number of anilines is 1. The molecule has 1 aliphatic rings. The highest BCUT2D eigenvalue weighted by Crippen LogP contribution is 2.39. The van der Waals surface area contributed by atoms with Gasteiger partial charge in [-0.05, 0) is 93.0 Å². The molecule has 0 atom stereocenters. The summed E-state index contributed by atoms with van der Waals surface area (Å²) in [6, 6.07) is 13.2. The molecule has 182 valence electrons. The Morgan fingerprint density at radius 1 is 1.00 bits per heavy atom. The second-order valence-corrected chi connectivity index (χ2v) is 10.1. The summed E-state index contributed by atoms with van der Waals surface area (Å²) >= 11 is 1.63. The Balaban J connectivity index is 1.65. The Morgan fingerprint density at radius 2 is 1.69 bits per heavy atom. The van der Waals surface area contributed by atoms with Crippen LogP contribution in [0.3, 0.4) is 0 Å². The van der Waals surface area contributed by atoms with E-state index in [0.717, 1.165) is 58.6 Å². The first-order chi connectivity index (χ1) is 16.9. The van der Waals surface area contributed by atoms with Crippen molar-refractivity contribution >= 4 is 40.1 Å². The van der Waals surface area contributed by atoms with Crippen molar-refractivity contribution in [1.82, 2.24) is 0 Å². The number of carbonyl (C=O) groups is 2. The molecular formula is C29H32N2O3S. The third-order valence-electron chi connectivity index (χ3n) is 6.11. The maximum atomic E-state index is 13.6. The number of nitrogens with zero attached hydrogens (tertiary/aromatic N) is 1. The minimum absolute atomic E-state index is 0.0992.